The molecule has 0 spiro atoms. The Hall–Kier alpha value is -5.40. The number of hydrogen-bond donors (Lipinski definition) is 0. The van der Waals surface area contributed by atoms with E-state index in [4.69, 9.17) is 4.42 Å². The van der Waals surface area contributed by atoms with Crippen LogP contribution in [0.25, 0.3) is 66.4 Å². The summed E-state index contributed by atoms with van der Waals surface area (Å²) in [5, 5.41) is 14.1. The Morgan fingerprint density at radius 1 is 0.591 bits per heavy atom. The van der Waals surface area contributed by atoms with Gasteiger partial charge in [0, 0.05) is 43.4 Å². The normalized spacial score (nSPS) is 10.5. The molecule has 4 nitrogen and oxygen atoms in total. The minimum Gasteiger partial charge on any atom is -0.500 e. The third-order valence-corrected chi connectivity index (χ3v) is 7.35. The molecule has 44 heavy (non-hydrogen) atoms. The Morgan fingerprint density at radius 2 is 1.32 bits per heavy atom. The fourth-order valence-electron chi connectivity index (χ4n) is 5.38. The molecule has 0 amide bonds. The van der Waals surface area contributed by atoms with Gasteiger partial charge in [-0.15, -0.1) is 54.1 Å². The van der Waals surface area contributed by atoms with Gasteiger partial charge < -0.3 is 14.4 Å². The zero-order valence-electron chi connectivity index (χ0n) is 23.4. The third-order valence-electron chi connectivity index (χ3n) is 7.35. The summed E-state index contributed by atoms with van der Waals surface area (Å²) in [5.74, 6) is 0. The van der Waals surface area contributed by atoms with Crippen molar-refractivity contribution in [2.75, 3.05) is 0 Å². The maximum atomic E-state index is 9.91. The molecule has 5 heteroatoms. The molecule has 0 unspecified atom stereocenters. The van der Waals surface area contributed by atoms with Crippen LogP contribution < -0.4 is 0 Å². The van der Waals surface area contributed by atoms with Gasteiger partial charge in [0.05, 0.1) is 17.2 Å². The Balaban J connectivity index is 0.000000222. The zero-order chi connectivity index (χ0) is 29.0. The first-order valence-corrected chi connectivity index (χ1v) is 13.9. The minimum absolute atomic E-state index is 0. The van der Waals surface area contributed by atoms with Gasteiger partial charge in [0.15, 0.2) is 0 Å². The number of rotatable bonds is 3. The maximum absolute atomic E-state index is 9.91. The van der Waals surface area contributed by atoms with Crippen molar-refractivity contribution < 1.29 is 24.5 Å². The van der Waals surface area contributed by atoms with E-state index < -0.39 is 0 Å². The van der Waals surface area contributed by atoms with E-state index in [2.05, 4.69) is 52.4 Å². The summed E-state index contributed by atoms with van der Waals surface area (Å²) >= 11 is 0. The van der Waals surface area contributed by atoms with Crippen LogP contribution in [0.15, 0.2) is 144 Å². The van der Waals surface area contributed by atoms with E-state index in [1.165, 1.54) is 0 Å². The summed E-state index contributed by atoms with van der Waals surface area (Å²) in [7, 11) is 0. The van der Waals surface area contributed by atoms with Crippen LogP contribution in [0.4, 0.5) is 0 Å². The van der Waals surface area contributed by atoms with Gasteiger partial charge in [-0.3, -0.25) is 0 Å². The average Bonchev–Trinajstić information content (AvgIpc) is 3.48. The molecular formula is C39H23IrN3O-2. The molecule has 0 atom stereocenters. The molecule has 8 rings (SSSR count). The first-order valence-electron chi connectivity index (χ1n) is 13.9. The van der Waals surface area contributed by atoms with Crippen molar-refractivity contribution in [2.24, 2.45) is 0 Å². The van der Waals surface area contributed by atoms with E-state index in [0.29, 0.717) is 11.1 Å². The minimum atomic E-state index is 0. The van der Waals surface area contributed by atoms with Crippen LogP contribution in [-0.2, 0) is 20.1 Å². The van der Waals surface area contributed by atoms with Crippen LogP contribution in [0.2, 0.25) is 0 Å². The zero-order valence-corrected chi connectivity index (χ0v) is 25.8. The SMILES string of the molecule is N#Cc1ccc2c(oc3c(-c4ccccn4)[c-]ccc32)c1-c1cccc2ccccc12.[Ir].[c-]1ccccc1-c1ccccn1. The van der Waals surface area contributed by atoms with Crippen molar-refractivity contribution in [3.63, 3.8) is 0 Å². The van der Waals surface area contributed by atoms with E-state index >= 15 is 0 Å². The molecule has 211 valence electrons. The Labute approximate surface area is 268 Å². The number of nitrogens with zero attached hydrogens (tertiary/aromatic N) is 3. The molecular weight excluding hydrogens is 719 g/mol. The fraction of sp³-hybridized carbons (Fsp3) is 0. The second kappa shape index (κ2) is 12.9. The number of aromatic nitrogens is 2. The Kier molecular flexibility index (Phi) is 8.39. The average molecular weight is 742 g/mol. The molecule has 5 aromatic carbocycles. The van der Waals surface area contributed by atoms with Crippen LogP contribution in [0, 0.1) is 23.5 Å². The molecule has 1 radical (unpaired) electrons. The van der Waals surface area contributed by atoms with E-state index in [0.717, 1.165) is 60.8 Å². The maximum Gasteiger partial charge on any atom is 0.130 e. The summed E-state index contributed by atoms with van der Waals surface area (Å²) in [6.07, 6.45) is 3.55. The predicted molar refractivity (Wildman–Crippen MR) is 172 cm³/mol. The van der Waals surface area contributed by atoms with Crippen molar-refractivity contribution in [2.45, 2.75) is 0 Å². The molecule has 0 aliphatic rings. The number of nitriles is 1. The molecule has 0 saturated heterocycles. The van der Waals surface area contributed by atoms with Crippen LogP contribution in [-0.4, -0.2) is 9.97 Å². The molecule has 0 saturated carbocycles. The number of benzene rings is 5. The quantitative estimate of drug-likeness (QED) is 0.169. The van der Waals surface area contributed by atoms with E-state index in [-0.39, 0.29) is 20.1 Å². The second-order valence-corrected chi connectivity index (χ2v) is 9.91. The van der Waals surface area contributed by atoms with Crippen molar-refractivity contribution in [3.05, 3.63) is 157 Å². The van der Waals surface area contributed by atoms with Crippen LogP contribution in [0.5, 0.6) is 0 Å². The number of pyridine rings is 2. The molecule has 0 fully saturated rings. The molecule has 0 aliphatic carbocycles. The summed E-state index contributed by atoms with van der Waals surface area (Å²) in [5.41, 5.74) is 7.47. The first-order chi connectivity index (χ1) is 21.3. The van der Waals surface area contributed by atoms with Crippen LogP contribution >= 0.6 is 0 Å². The second-order valence-electron chi connectivity index (χ2n) is 9.91. The summed E-state index contributed by atoms with van der Waals surface area (Å²) in [4.78, 5) is 8.70. The molecule has 3 heterocycles. The largest absolute Gasteiger partial charge is 0.500 e. The van der Waals surface area contributed by atoms with Crippen LogP contribution in [0.1, 0.15) is 5.56 Å². The van der Waals surface area contributed by atoms with Gasteiger partial charge in [0.1, 0.15) is 5.58 Å². The van der Waals surface area contributed by atoms with Crippen molar-refractivity contribution >= 4 is 32.7 Å². The summed E-state index contributed by atoms with van der Waals surface area (Å²) in [6, 6.07) is 50.4. The van der Waals surface area contributed by atoms with E-state index in [1.807, 2.05) is 103 Å². The van der Waals surface area contributed by atoms with Gasteiger partial charge >= 0.3 is 0 Å². The van der Waals surface area contributed by atoms with Gasteiger partial charge in [0.2, 0.25) is 0 Å². The topological polar surface area (TPSA) is 62.7 Å². The van der Waals surface area contributed by atoms with Gasteiger partial charge in [-0.2, -0.15) is 5.26 Å². The number of furan rings is 1. The Morgan fingerprint density at radius 3 is 2.07 bits per heavy atom. The predicted octanol–water partition coefficient (Wildman–Crippen LogP) is 9.69. The summed E-state index contributed by atoms with van der Waals surface area (Å²) in [6.45, 7) is 0. The van der Waals surface area contributed by atoms with E-state index in [1.54, 1.807) is 12.4 Å². The smallest absolute Gasteiger partial charge is 0.130 e. The molecule has 0 bridgehead atoms. The molecule has 0 N–H and O–H groups in total. The summed E-state index contributed by atoms with van der Waals surface area (Å²) < 4.78 is 6.49. The fourth-order valence-corrected chi connectivity index (χ4v) is 5.38. The molecule has 3 aromatic heterocycles. The van der Waals surface area contributed by atoms with Gasteiger partial charge in [-0.1, -0.05) is 83.7 Å². The van der Waals surface area contributed by atoms with E-state index in [9.17, 15) is 5.26 Å². The first kappa shape index (κ1) is 28.7. The van der Waals surface area contributed by atoms with Gasteiger partial charge in [-0.25, -0.2) is 0 Å². The van der Waals surface area contributed by atoms with Gasteiger partial charge in [-0.05, 0) is 45.9 Å². The monoisotopic (exact) mass is 742 g/mol. The van der Waals surface area contributed by atoms with Crippen LogP contribution in [0.3, 0.4) is 0 Å². The molecule has 8 aromatic rings. The van der Waals surface area contributed by atoms with Gasteiger partial charge in [0.25, 0.3) is 0 Å². The standard InChI is InChI=1S/C28H15N2O.C11H8N.Ir/c29-17-19-14-15-23-22-11-6-12-24(25-13-3-4-16-30-25)27(22)31-28(23)26(19)21-10-5-8-18-7-1-2-9-20(18)21;1-2-6-10(7-3-1)11-8-4-5-9-12-11;/h1-11,13-16H;1-6,8-9H;/q2*-1;. The third kappa shape index (κ3) is 5.41. The number of hydrogen-bond acceptors (Lipinski definition) is 4. The number of fused-ring (bicyclic) bond motifs is 4. The van der Waals surface area contributed by atoms with Crippen molar-refractivity contribution in [3.8, 4) is 39.7 Å². The van der Waals surface area contributed by atoms with Crippen molar-refractivity contribution in [1.29, 1.82) is 5.26 Å². The van der Waals surface area contributed by atoms with Crippen molar-refractivity contribution in [1.82, 2.24) is 9.97 Å². The Bertz CT molecular complexity index is 2200. The molecule has 0 aliphatic heterocycles.